The van der Waals surface area contributed by atoms with E-state index in [0.717, 1.165) is 24.2 Å². The molecule has 0 radical (unpaired) electrons. The van der Waals surface area contributed by atoms with E-state index in [9.17, 15) is 4.79 Å². The monoisotopic (exact) mass is 357 g/mol. The van der Waals surface area contributed by atoms with Crippen molar-refractivity contribution >= 4 is 17.3 Å². The highest BCUT2D eigenvalue weighted by molar-refractivity contribution is 6.00. The minimum atomic E-state index is 0.0137. The van der Waals surface area contributed by atoms with Crippen LogP contribution in [0.4, 0.5) is 11.4 Å². The van der Waals surface area contributed by atoms with Crippen molar-refractivity contribution in [2.24, 2.45) is 0 Å². The van der Waals surface area contributed by atoms with E-state index in [1.54, 1.807) is 0 Å². The Hall–Kier alpha value is -3.27. The first-order valence-corrected chi connectivity index (χ1v) is 9.26. The van der Waals surface area contributed by atoms with Crippen LogP contribution in [0.5, 0.6) is 0 Å². The van der Waals surface area contributed by atoms with Gasteiger partial charge in [-0.25, -0.2) is 0 Å². The zero-order chi connectivity index (χ0) is 18.6. The van der Waals surface area contributed by atoms with Gasteiger partial charge in [0.25, 0.3) is 5.91 Å². The summed E-state index contributed by atoms with van der Waals surface area (Å²) in [6.07, 6.45) is 0. The van der Waals surface area contributed by atoms with Crippen LogP contribution >= 0.6 is 0 Å². The zero-order valence-corrected chi connectivity index (χ0v) is 15.2. The summed E-state index contributed by atoms with van der Waals surface area (Å²) in [5.74, 6) is 0.0137. The second-order valence-electron chi connectivity index (χ2n) is 6.78. The van der Waals surface area contributed by atoms with Gasteiger partial charge in [0.2, 0.25) is 0 Å². The molecule has 0 saturated carbocycles. The average Bonchev–Trinajstić information content (AvgIpc) is 2.74. The van der Waals surface area contributed by atoms with Gasteiger partial charge >= 0.3 is 0 Å². The molecule has 1 heterocycles. The Morgan fingerprint density at radius 1 is 0.741 bits per heavy atom. The predicted octanol–water partition coefficient (Wildman–Crippen LogP) is 3.90. The van der Waals surface area contributed by atoms with Gasteiger partial charge in [-0.3, -0.25) is 4.79 Å². The van der Waals surface area contributed by atoms with Gasteiger partial charge in [-0.2, -0.15) is 0 Å². The van der Waals surface area contributed by atoms with Crippen LogP contribution in [0.1, 0.15) is 10.4 Å². The summed E-state index contributed by atoms with van der Waals surface area (Å²) >= 11 is 0. The first-order valence-electron chi connectivity index (χ1n) is 9.26. The van der Waals surface area contributed by atoms with Gasteiger partial charge in [0, 0.05) is 37.6 Å². The first kappa shape index (κ1) is 17.2. The molecule has 3 aromatic carbocycles. The summed E-state index contributed by atoms with van der Waals surface area (Å²) in [5, 5.41) is 0. The third-order valence-corrected chi connectivity index (χ3v) is 5.08. The van der Waals surface area contributed by atoms with Crippen LogP contribution in [0.2, 0.25) is 0 Å². The van der Waals surface area contributed by atoms with E-state index in [1.165, 1.54) is 5.69 Å². The number of nitrogens with zero attached hydrogens (tertiary/aromatic N) is 2. The Balaban J connectivity index is 1.46. The van der Waals surface area contributed by atoms with Gasteiger partial charge in [0.1, 0.15) is 0 Å². The molecule has 0 spiro atoms. The van der Waals surface area contributed by atoms with Gasteiger partial charge in [-0.05, 0) is 35.4 Å². The number of benzene rings is 3. The minimum Gasteiger partial charge on any atom is -0.398 e. The second-order valence-corrected chi connectivity index (χ2v) is 6.78. The highest BCUT2D eigenvalue weighted by atomic mass is 16.2. The first-order chi connectivity index (χ1) is 13.2. The lowest BCUT2D eigenvalue weighted by atomic mass is 10.0. The third-order valence-electron chi connectivity index (χ3n) is 5.08. The molecule has 0 aliphatic carbocycles. The number of rotatable bonds is 3. The minimum absolute atomic E-state index is 0.0137. The Labute approximate surface area is 159 Å². The molecule has 0 aromatic heterocycles. The Kier molecular flexibility index (Phi) is 4.79. The van der Waals surface area contributed by atoms with E-state index in [1.807, 2.05) is 71.6 Å². The fraction of sp³-hybridized carbons (Fsp3) is 0.174. The lowest BCUT2D eigenvalue weighted by Crippen LogP contribution is -2.48. The molecule has 4 heteroatoms. The van der Waals surface area contributed by atoms with Crippen LogP contribution in [0.15, 0.2) is 78.9 Å². The molecule has 1 aliphatic rings. The molecule has 27 heavy (non-hydrogen) atoms. The number of nitrogen functional groups attached to an aromatic ring is 1. The van der Waals surface area contributed by atoms with Crippen LogP contribution in [0, 0.1) is 0 Å². The molecule has 4 nitrogen and oxygen atoms in total. The number of amides is 1. The van der Waals surface area contributed by atoms with Crippen LogP contribution < -0.4 is 10.6 Å². The Morgan fingerprint density at radius 3 is 2.00 bits per heavy atom. The van der Waals surface area contributed by atoms with Crippen LogP contribution in [0.25, 0.3) is 11.1 Å². The van der Waals surface area contributed by atoms with Crippen molar-refractivity contribution < 1.29 is 4.79 Å². The SMILES string of the molecule is Nc1cc(-c2ccccc2)ccc1C(=O)N1CCN(c2ccccc2)CC1. The normalized spacial score (nSPS) is 14.2. The summed E-state index contributed by atoms with van der Waals surface area (Å²) in [5.41, 5.74) is 10.7. The number of piperazine rings is 1. The standard InChI is InChI=1S/C23H23N3O/c24-22-17-19(18-7-3-1-4-8-18)11-12-21(22)23(27)26-15-13-25(14-16-26)20-9-5-2-6-10-20/h1-12,17H,13-16,24H2. The number of carbonyl (C=O) groups excluding carboxylic acids is 1. The van der Waals surface area contributed by atoms with Crippen molar-refractivity contribution in [1.82, 2.24) is 4.90 Å². The molecule has 2 N–H and O–H groups in total. The average molecular weight is 357 g/mol. The van der Waals surface area contributed by atoms with Crippen molar-refractivity contribution in [3.05, 3.63) is 84.4 Å². The van der Waals surface area contributed by atoms with E-state index >= 15 is 0 Å². The zero-order valence-electron chi connectivity index (χ0n) is 15.2. The molecule has 1 amide bonds. The number of para-hydroxylation sites is 1. The van der Waals surface area contributed by atoms with Gasteiger partial charge in [-0.15, -0.1) is 0 Å². The summed E-state index contributed by atoms with van der Waals surface area (Å²) < 4.78 is 0. The fourth-order valence-electron chi connectivity index (χ4n) is 3.54. The maximum absolute atomic E-state index is 12.9. The van der Waals surface area contributed by atoms with Crippen LogP contribution in [0.3, 0.4) is 0 Å². The van der Waals surface area contributed by atoms with Gasteiger partial charge in [-0.1, -0.05) is 54.6 Å². The number of anilines is 2. The Morgan fingerprint density at radius 2 is 1.37 bits per heavy atom. The predicted molar refractivity (Wildman–Crippen MR) is 111 cm³/mol. The molecule has 3 aromatic rings. The second kappa shape index (κ2) is 7.54. The summed E-state index contributed by atoms with van der Waals surface area (Å²) in [7, 11) is 0. The lowest BCUT2D eigenvalue weighted by Gasteiger charge is -2.36. The van der Waals surface area contributed by atoms with Gasteiger partial charge in [0.05, 0.1) is 5.56 Å². The van der Waals surface area contributed by atoms with Gasteiger partial charge < -0.3 is 15.5 Å². The number of hydrogen-bond donors (Lipinski definition) is 1. The number of nitrogens with two attached hydrogens (primary N) is 1. The smallest absolute Gasteiger partial charge is 0.256 e. The molecular formula is C23H23N3O. The highest BCUT2D eigenvalue weighted by Gasteiger charge is 2.23. The van der Waals surface area contributed by atoms with Crippen molar-refractivity contribution in [2.75, 3.05) is 36.8 Å². The maximum Gasteiger partial charge on any atom is 0.256 e. The summed E-state index contributed by atoms with van der Waals surface area (Å²) in [4.78, 5) is 17.1. The number of hydrogen-bond acceptors (Lipinski definition) is 3. The van der Waals surface area contributed by atoms with Crippen LogP contribution in [-0.2, 0) is 0 Å². The molecule has 1 aliphatic heterocycles. The molecule has 0 bridgehead atoms. The summed E-state index contributed by atoms with van der Waals surface area (Å²) in [6, 6.07) is 26.1. The van der Waals surface area contributed by atoms with Gasteiger partial charge in [0.15, 0.2) is 0 Å². The van der Waals surface area contributed by atoms with Crippen molar-refractivity contribution in [2.45, 2.75) is 0 Å². The van der Waals surface area contributed by atoms with E-state index < -0.39 is 0 Å². The fourth-order valence-corrected chi connectivity index (χ4v) is 3.54. The lowest BCUT2D eigenvalue weighted by molar-refractivity contribution is 0.0748. The molecule has 136 valence electrons. The maximum atomic E-state index is 12.9. The Bertz CT molecular complexity index is 917. The molecular weight excluding hydrogens is 334 g/mol. The van der Waals surface area contributed by atoms with E-state index in [2.05, 4.69) is 17.0 Å². The quantitative estimate of drug-likeness (QED) is 0.723. The van der Waals surface area contributed by atoms with E-state index in [4.69, 9.17) is 5.73 Å². The van der Waals surface area contributed by atoms with Crippen molar-refractivity contribution in [3.63, 3.8) is 0 Å². The molecule has 1 saturated heterocycles. The highest BCUT2D eigenvalue weighted by Crippen LogP contribution is 2.25. The van der Waals surface area contributed by atoms with Crippen molar-refractivity contribution in [3.8, 4) is 11.1 Å². The summed E-state index contributed by atoms with van der Waals surface area (Å²) in [6.45, 7) is 3.07. The van der Waals surface area contributed by atoms with Crippen molar-refractivity contribution in [1.29, 1.82) is 0 Å². The topological polar surface area (TPSA) is 49.6 Å². The molecule has 4 rings (SSSR count). The molecule has 0 unspecified atom stereocenters. The van der Waals surface area contributed by atoms with E-state index in [0.29, 0.717) is 24.3 Å². The van der Waals surface area contributed by atoms with E-state index in [-0.39, 0.29) is 5.91 Å². The molecule has 1 fully saturated rings. The van der Waals surface area contributed by atoms with Crippen LogP contribution in [-0.4, -0.2) is 37.0 Å². The largest absolute Gasteiger partial charge is 0.398 e. The molecule has 0 atom stereocenters. The third kappa shape index (κ3) is 3.65. The number of carbonyl (C=O) groups is 1.